The Bertz CT molecular complexity index is 855. The maximum Gasteiger partial charge on any atom is 0.263 e. The van der Waals surface area contributed by atoms with Crippen LogP contribution in [0, 0.1) is 6.92 Å². The number of rotatable bonds is 5. The van der Waals surface area contributed by atoms with Gasteiger partial charge >= 0.3 is 0 Å². The van der Waals surface area contributed by atoms with Crippen molar-refractivity contribution in [3.05, 3.63) is 57.8 Å². The first-order valence-corrected chi connectivity index (χ1v) is 8.97. The standard InChI is InChI=1S/C18H19ClN2O2S/c1-11-6-7-12-15(9-11)24-17(16(12)19)18(22)20-10-13(21(2)3)14-5-4-8-23-14/h4-9,13H,10H2,1-3H3,(H,20,22)/p+1/t13-/m1/s1. The first-order chi connectivity index (χ1) is 11.5. The predicted octanol–water partition coefficient (Wildman–Crippen LogP) is 3.07. The molecule has 0 aliphatic rings. The van der Waals surface area contributed by atoms with Crippen LogP contribution in [0.2, 0.25) is 5.02 Å². The lowest BCUT2D eigenvalue weighted by atomic mass is 10.2. The van der Waals surface area contributed by atoms with E-state index in [2.05, 4.69) is 11.4 Å². The van der Waals surface area contributed by atoms with Gasteiger partial charge < -0.3 is 14.6 Å². The van der Waals surface area contributed by atoms with Gasteiger partial charge in [-0.15, -0.1) is 11.3 Å². The molecule has 4 nitrogen and oxygen atoms in total. The van der Waals surface area contributed by atoms with Crippen molar-refractivity contribution in [2.75, 3.05) is 20.6 Å². The fourth-order valence-corrected chi connectivity index (χ4v) is 4.20. The second-order valence-corrected chi connectivity index (χ2v) is 7.53. The number of carbonyl (C=O) groups excluding carboxylic acids is 1. The van der Waals surface area contributed by atoms with Gasteiger partial charge in [0, 0.05) is 10.1 Å². The fourth-order valence-electron chi connectivity index (χ4n) is 2.67. The zero-order chi connectivity index (χ0) is 17.3. The highest BCUT2D eigenvalue weighted by Gasteiger charge is 2.23. The molecule has 0 aliphatic carbocycles. The van der Waals surface area contributed by atoms with Crippen molar-refractivity contribution in [1.82, 2.24) is 5.32 Å². The van der Waals surface area contributed by atoms with Crippen LogP contribution >= 0.6 is 22.9 Å². The van der Waals surface area contributed by atoms with E-state index in [9.17, 15) is 4.79 Å². The number of aryl methyl sites for hydroxylation is 1. The molecule has 0 aliphatic heterocycles. The number of benzene rings is 1. The number of furan rings is 1. The summed E-state index contributed by atoms with van der Waals surface area (Å²) < 4.78 is 6.52. The van der Waals surface area contributed by atoms with Crippen LogP contribution in [0.4, 0.5) is 0 Å². The SMILES string of the molecule is Cc1ccc2c(Cl)c(C(=O)NC[C@H](c3ccco3)[NH+](C)C)sc2c1. The van der Waals surface area contributed by atoms with E-state index < -0.39 is 0 Å². The van der Waals surface area contributed by atoms with Gasteiger partial charge in [0.1, 0.15) is 4.88 Å². The number of nitrogens with one attached hydrogen (secondary N) is 2. The summed E-state index contributed by atoms with van der Waals surface area (Å²) in [5, 5.41) is 4.45. The van der Waals surface area contributed by atoms with E-state index in [1.807, 2.05) is 45.3 Å². The zero-order valence-electron chi connectivity index (χ0n) is 13.9. The maximum absolute atomic E-state index is 12.6. The number of hydrogen-bond acceptors (Lipinski definition) is 3. The molecule has 2 N–H and O–H groups in total. The van der Waals surface area contributed by atoms with Crippen molar-refractivity contribution < 1.29 is 14.1 Å². The summed E-state index contributed by atoms with van der Waals surface area (Å²) in [6, 6.07) is 9.87. The molecule has 126 valence electrons. The number of quaternary nitrogens is 1. The molecule has 2 heterocycles. The Morgan fingerprint density at radius 1 is 1.38 bits per heavy atom. The molecule has 0 saturated heterocycles. The molecule has 0 spiro atoms. The van der Waals surface area contributed by atoms with Gasteiger partial charge in [-0.25, -0.2) is 0 Å². The third kappa shape index (κ3) is 3.34. The molecule has 6 heteroatoms. The summed E-state index contributed by atoms with van der Waals surface area (Å²) in [6.45, 7) is 2.51. The lowest BCUT2D eigenvalue weighted by Crippen LogP contribution is -3.07. The van der Waals surface area contributed by atoms with E-state index in [4.69, 9.17) is 16.0 Å². The van der Waals surface area contributed by atoms with Gasteiger partial charge in [-0.2, -0.15) is 0 Å². The first kappa shape index (κ1) is 17.0. The first-order valence-electron chi connectivity index (χ1n) is 7.77. The quantitative estimate of drug-likeness (QED) is 0.731. The van der Waals surface area contributed by atoms with Crippen molar-refractivity contribution in [2.24, 2.45) is 0 Å². The highest BCUT2D eigenvalue weighted by atomic mass is 35.5. The molecular formula is C18H20ClN2O2S+. The molecular weight excluding hydrogens is 344 g/mol. The van der Waals surface area contributed by atoms with E-state index in [1.165, 1.54) is 16.2 Å². The Balaban J connectivity index is 1.78. The van der Waals surface area contributed by atoms with E-state index in [1.54, 1.807) is 6.26 Å². The highest BCUT2D eigenvalue weighted by Crippen LogP contribution is 2.35. The molecule has 24 heavy (non-hydrogen) atoms. The number of carbonyl (C=O) groups is 1. The van der Waals surface area contributed by atoms with Gasteiger partial charge in [0.25, 0.3) is 5.91 Å². The van der Waals surface area contributed by atoms with Gasteiger partial charge in [-0.1, -0.05) is 23.7 Å². The van der Waals surface area contributed by atoms with Crippen molar-refractivity contribution in [2.45, 2.75) is 13.0 Å². The van der Waals surface area contributed by atoms with Gasteiger partial charge in [-0.3, -0.25) is 4.79 Å². The van der Waals surface area contributed by atoms with Gasteiger partial charge in [0.15, 0.2) is 11.8 Å². The smallest absolute Gasteiger partial charge is 0.263 e. The Hall–Kier alpha value is -1.82. The van der Waals surface area contributed by atoms with Crippen LogP contribution < -0.4 is 10.2 Å². The normalized spacial score (nSPS) is 12.7. The van der Waals surface area contributed by atoms with Crippen LogP contribution in [-0.4, -0.2) is 26.5 Å². The minimum Gasteiger partial charge on any atom is -0.463 e. The van der Waals surface area contributed by atoms with Crippen molar-refractivity contribution in [3.63, 3.8) is 0 Å². The van der Waals surface area contributed by atoms with Crippen LogP contribution in [-0.2, 0) is 0 Å². The lowest BCUT2D eigenvalue weighted by Gasteiger charge is -2.19. The molecule has 3 aromatic rings. The highest BCUT2D eigenvalue weighted by molar-refractivity contribution is 7.21. The van der Waals surface area contributed by atoms with Crippen LogP contribution in [0.1, 0.15) is 27.0 Å². The lowest BCUT2D eigenvalue weighted by molar-refractivity contribution is -0.891. The van der Waals surface area contributed by atoms with Crippen LogP contribution in [0.15, 0.2) is 41.0 Å². The Kier molecular flexibility index (Phi) is 4.94. The van der Waals surface area contributed by atoms with Gasteiger partial charge in [0.05, 0.1) is 31.9 Å². The molecule has 2 aromatic heterocycles. The topological polar surface area (TPSA) is 46.7 Å². The summed E-state index contributed by atoms with van der Waals surface area (Å²) in [4.78, 5) is 14.3. The third-order valence-electron chi connectivity index (χ3n) is 4.04. The largest absolute Gasteiger partial charge is 0.463 e. The zero-order valence-corrected chi connectivity index (χ0v) is 15.4. The minimum absolute atomic E-state index is 0.0550. The van der Waals surface area contributed by atoms with Gasteiger partial charge in [-0.05, 0) is 30.7 Å². The number of amides is 1. The molecule has 1 amide bonds. The monoisotopic (exact) mass is 363 g/mol. The number of hydrogen-bond donors (Lipinski definition) is 2. The maximum atomic E-state index is 12.6. The molecule has 0 radical (unpaired) electrons. The summed E-state index contributed by atoms with van der Waals surface area (Å²) in [5.74, 6) is 0.713. The third-order valence-corrected chi connectivity index (χ3v) is 5.70. The second-order valence-electron chi connectivity index (χ2n) is 6.10. The van der Waals surface area contributed by atoms with E-state index in [-0.39, 0.29) is 11.9 Å². The number of fused-ring (bicyclic) bond motifs is 1. The summed E-state index contributed by atoms with van der Waals surface area (Å²) in [5.41, 5.74) is 1.15. The number of thiophene rings is 1. The van der Waals surface area contributed by atoms with E-state index >= 15 is 0 Å². The van der Waals surface area contributed by atoms with E-state index in [0.717, 1.165) is 21.4 Å². The van der Waals surface area contributed by atoms with Crippen LogP contribution in [0.3, 0.4) is 0 Å². The predicted molar refractivity (Wildman–Crippen MR) is 98.2 cm³/mol. The van der Waals surface area contributed by atoms with E-state index in [0.29, 0.717) is 16.4 Å². The minimum atomic E-state index is -0.142. The molecule has 0 fully saturated rings. The second kappa shape index (κ2) is 6.97. The Morgan fingerprint density at radius 3 is 2.83 bits per heavy atom. The average molecular weight is 364 g/mol. The molecule has 0 bridgehead atoms. The number of likely N-dealkylation sites (N-methyl/N-ethyl adjacent to an activating group) is 1. The average Bonchev–Trinajstić information content (AvgIpc) is 3.15. The molecule has 1 aromatic carbocycles. The summed E-state index contributed by atoms with van der Waals surface area (Å²) in [7, 11) is 4.07. The number of halogens is 1. The van der Waals surface area contributed by atoms with Crippen LogP contribution in [0.25, 0.3) is 10.1 Å². The Morgan fingerprint density at radius 2 is 2.17 bits per heavy atom. The summed E-state index contributed by atoms with van der Waals surface area (Å²) in [6.07, 6.45) is 1.65. The Labute approximate surface area is 150 Å². The van der Waals surface area contributed by atoms with Crippen molar-refractivity contribution >= 4 is 38.9 Å². The molecule has 1 atom stereocenters. The molecule has 0 unspecified atom stereocenters. The molecule has 3 rings (SSSR count). The molecule has 0 saturated carbocycles. The fraction of sp³-hybridized carbons (Fsp3) is 0.278. The summed E-state index contributed by atoms with van der Waals surface area (Å²) >= 11 is 7.84. The van der Waals surface area contributed by atoms with Crippen molar-refractivity contribution in [1.29, 1.82) is 0 Å². The van der Waals surface area contributed by atoms with Gasteiger partial charge in [0.2, 0.25) is 0 Å². The van der Waals surface area contributed by atoms with Crippen molar-refractivity contribution in [3.8, 4) is 0 Å². The van der Waals surface area contributed by atoms with Crippen LogP contribution in [0.5, 0.6) is 0 Å².